The zero-order valence-electron chi connectivity index (χ0n) is 15.7. The van der Waals surface area contributed by atoms with E-state index in [2.05, 4.69) is 38.5 Å². The summed E-state index contributed by atoms with van der Waals surface area (Å²) in [5, 5.41) is 9.78. The van der Waals surface area contributed by atoms with Crippen molar-refractivity contribution in [1.29, 1.82) is 0 Å². The summed E-state index contributed by atoms with van der Waals surface area (Å²) in [6.45, 7) is 2.05. The van der Waals surface area contributed by atoms with Crippen LogP contribution in [0.1, 0.15) is 5.56 Å². The van der Waals surface area contributed by atoms with Crippen LogP contribution in [0.3, 0.4) is 0 Å². The molecule has 3 rings (SSSR count). The minimum Gasteiger partial charge on any atom is -0.332 e. The maximum Gasteiger partial charge on any atom is 0.234 e. The van der Waals surface area contributed by atoms with E-state index < -0.39 is 0 Å². The zero-order chi connectivity index (χ0) is 20.6. The molecule has 3 N–H and O–H groups in total. The van der Waals surface area contributed by atoms with E-state index in [1.165, 1.54) is 17.3 Å². The van der Waals surface area contributed by atoms with E-state index in [1.54, 1.807) is 0 Å². The smallest absolute Gasteiger partial charge is 0.234 e. The lowest BCUT2D eigenvalue weighted by atomic mass is 10.2. The fourth-order valence-electron chi connectivity index (χ4n) is 2.47. The SMILES string of the molecule is Cc1ccc(NC(=S)Nc2cccc(SCC(=O)Nc3ccc(I)cc3)c2)cc1. The van der Waals surface area contributed by atoms with E-state index in [1.807, 2.05) is 79.7 Å². The Morgan fingerprint density at radius 1 is 0.897 bits per heavy atom. The monoisotopic (exact) mass is 533 g/mol. The van der Waals surface area contributed by atoms with Gasteiger partial charge in [-0.15, -0.1) is 11.8 Å². The number of thioether (sulfide) groups is 1. The van der Waals surface area contributed by atoms with Gasteiger partial charge in [0.25, 0.3) is 0 Å². The van der Waals surface area contributed by atoms with Crippen LogP contribution in [-0.4, -0.2) is 16.8 Å². The Labute approximate surface area is 194 Å². The Hall–Kier alpha value is -2.10. The summed E-state index contributed by atoms with van der Waals surface area (Å²) in [7, 11) is 0. The van der Waals surface area contributed by atoms with Gasteiger partial charge in [0, 0.05) is 25.5 Å². The van der Waals surface area contributed by atoms with Gasteiger partial charge in [-0.2, -0.15) is 0 Å². The third kappa shape index (κ3) is 7.34. The molecular formula is C22H20IN3OS2. The first-order valence-electron chi connectivity index (χ1n) is 8.91. The largest absolute Gasteiger partial charge is 0.332 e. The Kier molecular flexibility index (Phi) is 7.91. The van der Waals surface area contributed by atoms with Crippen LogP contribution in [-0.2, 0) is 4.79 Å². The highest BCUT2D eigenvalue weighted by Gasteiger charge is 2.05. The first kappa shape index (κ1) is 21.6. The van der Waals surface area contributed by atoms with Crippen LogP contribution in [0.15, 0.2) is 77.7 Å². The number of thiocarbonyl (C=S) groups is 1. The first-order chi connectivity index (χ1) is 14.0. The fraction of sp³-hybridized carbons (Fsp3) is 0.0909. The standard InChI is InChI=1S/C22H20IN3OS2/c1-15-5-9-18(10-6-15)25-22(28)26-19-3-2-4-20(13-19)29-14-21(27)24-17-11-7-16(23)8-12-17/h2-13H,14H2,1H3,(H,24,27)(H2,25,26,28). The number of hydrogen-bond donors (Lipinski definition) is 3. The summed E-state index contributed by atoms with van der Waals surface area (Å²) in [5.41, 5.74) is 3.81. The molecule has 0 atom stereocenters. The molecule has 29 heavy (non-hydrogen) atoms. The highest BCUT2D eigenvalue weighted by atomic mass is 127. The average Bonchev–Trinajstić information content (AvgIpc) is 2.70. The number of benzene rings is 3. The van der Waals surface area contributed by atoms with Gasteiger partial charge in [0.15, 0.2) is 5.11 Å². The van der Waals surface area contributed by atoms with E-state index >= 15 is 0 Å². The third-order valence-electron chi connectivity index (χ3n) is 3.90. The molecule has 0 spiro atoms. The van der Waals surface area contributed by atoms with Crippen molar-refractivity contribution in [2.24, 2.45) is 0 Å². The van der Waals surface area contributed by atoms with E-state index in [9.17, 15) is 4.79 Å². The van der Waals surface area contributed by atoms with Crippen LogP contribution in [0.25, 0.3) is 0 Å². The first-order valence-corrected chi connectivity index (χ1v) is 11.4. The van der Waals surface area contributed by atoms with Crippen LogP contribution in [0.4, 0.5) is 17.1 Å². The van der Waals surface area contributed by atoms with Gasteiger partial charge in [-0.25, -0.2) is 0 Å². The minimum atomic E-state index is -0.0360. The molecule has 0 radical (unpaired) electrons. The molecule has 4 nitrogen and oxygen atoms in total. The number of halogens is 1. The lowest BCUT2D eigenvalue weighted by Crippen LogP contribution is -2.19. The fourth-order valence-corrected chi connectivity index (χ4v) is 3.82. The highest BCUT2D eigenvalue weighted by molar-refractivity contribution is 14.1. The molecule has 3 aromatic carbocycles. The summed E-state index contributed by atoms with van der Waals surface area (Å²) in [6.07, 6.45) is 0. The van der Waals surface area contributed by atoms with Crippen LogP contribution in [0.5, 0.6) is 0 Å². The molecule has 0 aliphatic heterocycles. The topological polar surface area (TPSA) is 53.2 Å². The summed E-state index contributed by atoms with van der Waals surface area (Å²) in [6, 6.07) is 23.6. The van der Waals surface area contributed by atoms with Crippen LogP contribution < -0.4 is 16.0 Å². The van der Waals surface area contributed by atoms with Crippen LogP contribution in [0.2, 0.25) is 0 Å². The van der Waals surface area contributed by atoms with E-state index in [0.29, 0.717) is 10.9 Å². The average molecular weight is 533 g/mol. The van der Waals surface area contributed by atoms with E-state index in [0.717, 1.165) is 25.5 Å². The summed E-state index contributed by atoms with van der Waals surface area (Å²) in [4.78, 5) is 13.2. The van der Waals surface area contributed by atoms with Gasteiger partial charge in [-0.3, -0.25) is 4.79 Å². The van der Waals surface area contributed by atoms with Crippen molar-refractivity contribution < 1.29 is 4.79 Å². The van der Waals surface area contributed by atoms with Crippen molar-refractivity contribution in [2.45, 2.75) is 11.8 Å². The Morgan fingerprint density at radius 3 is 2.24 bits per heavy atom. The number of carbonyl (C=O) groups is 1. The van der Waals surface area contributed by atoms with Crippen molar-refractivity contribution in [3.8, 4) is 0 Å². The lowest BCUT2D eigenvalue weighted by Gasteiger charge is -2.12. The predicted octanol–water partition coefficient (Wildman–Crippen LogP) is 6.14. The second-order valence-corrected chi connectivity index (χ2v) is 9.02. The minimum absolute atomic E-state index is 0.0360. The molecule has 0 aromatic heterocycles. The highest BCUT2D eigenvalue weighted by Crippen LogP contribution is 2.22. The van der Waals surface area contributed by atoms with Gasteiger partial charge in [0.1, 0.15) is 0 Å². The summed E-state index contributed by atoms with van der Waals surface area (Å²) < 4.78 is 1.13. The molecule has 7 heteroatoms. The van der Waals surface area contributed by atoms with Crippen molar-refractivity contribution in [3.63, 3.8) is 0 Å². The molecule has 0 saturated heterocycles. The molecule has 0 unspecified atom stereocenters. The summed E-state index contributed by atoms with van der Waals surface area (Å²) >= 11 is 9.11. The quantitative estimate of drug-likeness (QED) is 0.202. The molecule has 0 aliphatic rings. The molecular weight excluding hydrogens is 513 g/mol. The number of amides is 1. The Morgan fingerprint density at radius 2 is 1.52 bits per heavy atom. The second-order valence-electron chi connectivity index (χ2n) is 6.32. The number of hydrogen-bond acceptors (Lipinski definition) is 3. The number of rotatable bonds is 6. The normalized spacial score (nSPS) is 10.3. The summed E-state index contributed by atoms with van der Waals surface area (Å²) in [5.74, 6) is 0.299. The number of carbonyl (C=O) groups excluding carboxylic acids is 1. The van der Waals surface area contributed by atoms with Crippen LogP contribution in [0, 0.1) is 10.5 Å². The third-order valence-corrected chi connectivity index (χ3v) is 5.82. The molecule has 3 aromatic rings. The Balaban J connectivity index is 1.50. The maximum absolute atomic E-state index is 12.2. The van der Waals surface area contributed by atoms with Gasteiger partial charge < -0.3 is 16.0 Å². The molecule has 1 amide bonds. The van der Waals surface area contributed by atoms with Crippen molar-refractivity contribution in [2.75, 3.05) is 21.7 Å². The van der Waals surface area contributed by atoms with Crippen molar-refractivity contribution in [3.05, 3.63) is 81.9 Å². The lowest BCUT2D eigenvalue weighted by molar-refractivity contribution is -0.113. The van der Waals surface area contributed by atoms with Gasteiger partial charge in [0.2, 0.25) is 5.91 Å². The van der Waals surface area contributed by atoms with Gasteiger partial charge in [-0.1, -0.05) is 23.8 Å². The predicted molar refractivity (Wildman–Crippen MR) is 136 cm³/mol. The second kappa shape index (κ2) is 10.6. The molecule has 0 aliphatic carbocycles. The van der Waals surface area contributed by atoms with Crippen molar-refractivity contribution >= 4 is 74.7 Å². The molecule has 0 bridgehead atoms. The number of aryl methyl sites for hydroxylation is 1. The number of nitrogens with one attached hydrogen (secondary N) is 3. The number of anilines is 3. The van der Waals surface area contributed by atoms with E-state index in [4.69, 9.17) is 12.2 Å². The Bertz CT molecular complexity index is 992. The van der Waals surface area contributed by atoms with Gasteiger partial charge >= 0.3 is 0 Å². The van der Waals surface area contributed by atoms with Crippen molar-refractivity contribution in [1.82, 2.24) is 0 Å². The van der Waals surface area contributed by atoms with Gasteiger partial charge in [0.05, 0.1) is 5.75 Å². The molecule has 148 valence electrons. The van der Waals surface area contributed by atoms with E-state index in [-0.39, 0.29) is 5.91 Å². The zero-order valence-corrected chi connectivity index (χ0v) is 19.5. The maximum atomic E-state index is 12.2. The van der Waals surface area contributed by atoms with Gasteiger partial charge in [-0.05, 0) is 96.3 Å². The molecule has 0 saturated carbocycles. The molecule has 0 heterocycles. The van der Waals surface area contributed by atoms with Crippen LogP contribution >= 0.6 is 46.6 Å². The molecule has 0 fully saturated rings.